The van der Waals surface area contributed by atoms with E-state index in [1.807, 2.05) is 0 Å². The molecule has 2 aromatic carbocycles. The zero-order valence-corrected chi connectivity index (χ0v) is 15.0. The zero-order valence-electron chi connectivity index (χ0n) is 13.5. The molecule has 25 heavy (non-hydrogen) atoms. The average Bonchev–Trinajstić information content (AvgIpc) is 2.57. The molecule has 0 aliphatic heterocycles. The van der Waals surface area contributed by atoms with E-state index in [2.05, 4.69) is 5.32 Å². The highest BCUT2D eigenvalue weighted by Gasteiger charge is 2.21. The summed E-state index contributed by atoms with van der Waals surface area (Å²) in [6.45, 7) is 2.86. The van der Waals surface area contributed by atoms with Gasteiger partial charge in [0.2, 0.25) is 0 Å². The molecule has 130 valence electrons. The maximum atomic E-state index is 12.2. The summed E-state index contributed by atoms with van der Waals surface area (Å²) in [5.41, 5.74) is 0.974. The second kappa shape index (κ2) is 8.14. The van der Waals surface area contributed by atoms with Crippen LogP contribution in [0.2, 0.25) is 10.0 Å². The molecule has 0 aliphatic carbocycles. The third-order valence-corrected chi connectivity index (χ3v) is 3.90. The van der Waals surface area contributed by atoms with Crippen LogP contribution in [0.25, 0.3) is 0 Å². The van der Waals surface area contributed by atoms with Gasteiger partial charge in [-0.2, -0.15) is 0 Å². The van der Waals surface area contributed by atoms with Crippen LogP contribution in [-0.2, 0) is 9.53 Å². The van der Waals surface area contributed by atoms with Crippen LogP contribution in [0.1, 0.15) is 34.6 Å². The normalized spacial score (nSPS) is 11.5. The van der Waals surface area contributed by atoms with Crippen LogP contribution < -0.4 is 5.32 Å². The van der Waals surface area contributed by atoms with Crippen molar-refractivity contribution in [2.24, 2.45) is 0 Å². The van der Waals surface area contributed by atoms with Crippen LogP contribution in [0.15, 0.2) is 42.5 Å². The highest BCUT2D eigenvalue weighted by Crippen LogP contribution is 2.22. The van der Waals surface area contributed by atoms with E-state index < -0.39 is 18.0 Å². The molecule has 0 aromatic heterocycles. The molecule has 7 heteroatoms. The standard InChI is InChI=1S/C18H15Cl2NO4/c1-10(22)12-4-3-5-14(8-12)21-17(23)11(2)25-18(24)15-9-13(19)6-7-16(15)20/h3-9,11H,1-2H3,(H,21,23)/t11-/m1/s1. The summed E-state index contributed by atoms with van der Waals surface area (Å²) in [7, 11) is 0. The van der Waals surface area contributed by atoms with Crippen LogP contribution >= 0.6 is 23.2 Å². The smallest absolute Gasteiger partial charge is 0.340 e. The first kappa shape index (κ1) is 19.0. The van der Waals surface area contributed by atoms with Crippen LogP contribution in [-0.4, -0.2) is 23.8 Å². The van der Waals surface area contributed by atoms with E-state index in [-0.39, 0.29) is 16.4 Å². The van der Waals surface area contributed by atoms with Crippen LogP contribution in [0.3, 0.4) is 0 Å². The van der Waals surface area contributed by atoms with Crippen molar-refractivity contribution in [1.82, 2.24) is 0 Å². The van der Waals surface area contributed by atoms with Crippen LogP contribution in [0.5, 0.6) is 0 Å². The number of benzene rings is 2. The molecular formula is C18H15Cl2NO4. The molecule has 0 aliphatic rings. The molecule has 1 atom stereocenters. The summed E-state index contributed by atoms with van der Waals surface area (Å²) in [6.07, 6.45) is -1.07. The highest BCUT2D eigenvalue weighted by atomic mass is 35.5. The third-order valence-electron chi connectivity index (χ3n) is 3.34. The van der Waals surface area contributed by atoms with E-state index in [0.717, 1.165) is 0 Å². The number of nitrogens with one attached hydrogen (secondary N) is 1. The Bertz CT molecular complexity index is 836. The van der Waals surface area contributed by atoms with Gasteiger partial charge in [-0.25, -0.2) is 4.79 Å². The first-order valence-corrected chi connectivity index (χ1v) is 8.11. The number of hydrogen-bond donors (Lipinski definition) is 1. The third kappa shape index (κ3) is 5.05. The molecule has 5 nitrogen and oxygen atoms in total. The number of ether oxygens (including phenoxy) is 1. The first-order chi connectivity index (χ1) is 11.8. The summed E-state index contributed by atoms with van der Waals surface area (Å²) in [5.74, 6) is -1.41. The van der Waals surface area contributed by atoms with Crippen molar-refractivity contribution in [1.29, 1.82) is 0 Å². The Hall–Kier alpha value is -2.37. The number of carbonyl (C=O) groups is 3. The van der Waals surface area contributed by atoms with Gasteiger partial charge in [-0.3, -0.25) is 9.59 Å². The number of halogens is 2. The molecule has 0 saturated carbocycles. The minimum absolute atomic E-state index is 0.0763. The molecule has 0 spiro atoms. The Morgan fingerprint density at radius 1 is 1.08 bits per heavy atom. The van der Waals surface area contributed by atoms with Gasteiger partial charge in [-0.05, 0) is 44.2 Å². The minimum atomic E-state index is -1.07. The molecule has 0 radical (unpaired) electrons. The number of esters is 1. The molecule has 1 N–H and O–H groups in total. The first-order valence-electron chi connectivity index (χ1n) is 7.36. The zero-order chi connectivity index (χ0) is 18.6. The highest BCUT2D eigenvalue weighted by molar-refractivity contribution is 6.35. The van der Waals surface area contributed by atoms with Crippen molar-refractivity contribution in [3.8, 4) is 0 Å². The van der Waals surface area contributed by atoms with Gasteiger partial charge in [0.1, 0.15) is 0 Å². The van der Waals surface area contributed by atoms with Gasteiger partial charge in [-0.1, -0.05) is 35.3 Å². The molecule has 0 fully saturated rings. The fourth-order valence-corrected chi connectivity index (χ4v) is 2.36. The summed E-state index contributed by atoms with van der Waals surface area (Å²) in [4.78, 5) is 35.7. The molecule has 2 aromatic rings. The maximum Gasteiger partial charge on any atom is 0.340 e. The Balaban J connectivity index is 2.05. The Morgan fingerprint density at radius 2 is 1.80 bits per heavy atom. The van der Waals surface area contributed by atoms with Crippen molar-refractivity contribution in [3.05, 3.63) is 63.6 Å². The molecule has 2 rings (SSSR count). The van der Waals surface area contributed by atoms with E-state index in [1.165, 1.54) is 26.0 Å². The largest absolute Gasteiger partial charge is 0.449 e. The van der Waals surface area contributed by atoms with E-state index in [1.54, 1.807) is 30.3 Å². The molecule has 0 unspecified atom stereocenters. The van der Waals surface area contributed by atoms with Crippen molar-refractivity contribution in [2.75, 3.05) is 5.32 Å². The Labute approximate surface area is 154 Å². The summed E-state index contributed by atoms with van der Waals surface area (Å²) in [6, 6.07) is 10.8. The van der Waals surface area contributed by atoms with E-state index in [0.29, 0.717) is 16.3 Å². The minimum Gasteiger partial charge on any atom is -0.449 e. The van der Waals surface area contributed by atoms with Crippen LogP contribution in [0.4, 0.5) is 5.69 Å². The molecule has 0 saturated heterocycles. The lowest BCUT2D eigenvalue weighted by molar-refractivity contribution is -0.123. The van der Waals surface area contributed by atoms with Gasteiger partial charge in [-0.15, -0.1) is 0 Å². The lowest BCUT2D eigenvalue weighted by Crippen LogP contribution is -2.30. The number of ketones is 1. The maximum absolute atomic E-state index is 12.2. The predicted octanol–water partition coefficient (Wildman–Crippen LogP) is 4.38. The van der Waals surface area contributed by atoms with E-state index in [4.69, 9.17) is 27.9 Å². The van der Waals surface area contributed by atoms with Gasteiger partial charge in [0.25, 0.3) is 5.91 Å². The number of rotatable bonds is 5. The monoisotopic (exact) mass is 379 g/mol. The van der Waals surface area contributed by atoms with Crippen LogP contribution in [0, 0.1) is 0 Å². The molecule has 0 heterocycles. The predicted molar refractivity (Wildman–Crippen MR) is 96.4 cm³/mol. The lowest BCUT2D eigenvalue weighted by atomic mass is 10.1. The second-order valence-corrected chi connectivity index (χ2v) is 6.14. The second-order valence-electron chi connectivity index (χ2n) is 5.30. The molecule has 0 bridgehead atoms. The topological polar surface area (TPSA) is 72.5 Å². The number of Topliss-reactive ketones (excluding diaryl/α,β-unsaturated/α-hetero) is 1. The summed E-state index contributed by atoms with van der Waals surface area (Å²) < 4.78 is 5.12. The number of anilines is 1. The van der Waals surface area contributed by atoms with Gasteiger partial charge in [0.05, 0.1) is 10.6 Å². The van der Waals surface area contributed by atoms with Crippen molar-refractivity contribution in [2.45, 2.75) is 20.0 Å². The SMILES string of the molecule is CC(=O)c1cccc(NC(=O)[C@@H](C)OC(=O)c2cc(Cl)ccc2Cl)c1. The Morgan fingerprint density at radius 3 is 2.48 bits per heavy atom. The van der Waals surface area contributed by atoms with Gasteiger partial charge >= 0.3 is 5.97 Å². The number of carbonyl (C=O) groups excluding carboxylic acids is 3. The van der Waals surface area contributed by atoms with Gasteiger partial charge in [0.15, 0.2) is 11.9 Å². The number of hydrogen-bond acceptors (Lipinski definition) is 4. The quantitative estimate of drug-likeness (QED) is 0.617. The molecular weight excluding hydrogens is 365 g/mol. The molecule has 1 amide bonds. The number of amides is 1. The van der Waals surface area contributed by atoms with Crippen molar-refractivity contribution >= 4 is 46.5 Å². The van der Waals surface area contributed by atoms with E-state index in [9.17, 15) is 14.4 Å². The average molecular weight is 380 g/mol. The fraction of sp³-hybridized carbons (Fsp3) is 0.167. The fourth-order valence-electron chi connectivity index (χ4n) is 1.99. The van der Waals surface area contributed by atoms with Gasteiger partial charge < -0.3 is 10.1 Å². The Kier molecular flexibility index (Phi) is 6.17. The van der Waals surface area contributed by atoms with Gasteiger partial charge in [0, 0.05) is 16.3 Å². The summed E-state index contributed by atoms with van der Waals surface area (Å²) >= 11 is 11.8. The van der Waals surface area contributed by atoms with Crippen molar-refractivity contribution in [3.63, 3.8) is 0 Å². The van der Waals surface area contributed by atoms with E-state index >= 15 is 0 Å². The summed E-state index contributed by atoms with van der Waals surface area (Å²) in [5, 5.41) is 3.10. The van der Waals surface area contributed by atoms with Crippen molar-refractivity contribution < 1.29 is 19.1 Å². The lowest BCUT2D eigenvalue weighted by Gasteiger charge is -2.14.